The van der Waals surface area contributed by atoms with Crippen molar-refractivity contribution < 1.29 is 14.4 Å². The number of rotatable bonds is 6. The van der Waals surface area contributed by atoms with Crippen LogP contribution in [-0.4, -0.2) is 96.0 Å². The summed E-state index contributed by atoms with van der Waals surface area (Å²) in [6.45, 7) is 1.44. The van der Waals surface area contributed by atoms with Crippen LogP contribution in [-0.2, 0) is 4.79 Å². The highest BCUT2D eigenvalue weighted by Gasteiger charge is 2.29. The highest BCUT2D eigenvalue weighted by Crippen LogP contribution is 2.27. The van der Waals surface area contributed by atoms with Gasteiger partial charge < -0.3 is 20.4 Å². The maximum atomic E-state index is 13.2. The normalized spacial score (nSPS) is 20.2. The van der Waals surface area contributed by atoms with Gasteiger partial charge in [-0.25, -0.2) is 9.78 Å². The third-order valence-electron chi connectivity index (χ3n) is 7.50. The molecule has 1 unspecified atom stereocenters. The van der Waals surface area contributed by atoms with Crippen LogP contribution in [0.1, 0.15) is 35.2 Å². The van der Waals surface area contributed by atoms with Crippen molar-refractivity contribution in [2.75, 3.05) is 32.5 Å². The van der Waals surface area contributed by atoms with Crippen molar-refractivity contribution in [3.8, 4) is 5.95 Å². The van der Waals surface area contributed by atoms with E-state index in [2.05, 4.69) is 30.9 Å². The molecule has 14 heteroatoms. The molecule has 40 heavy (non-hydrogen) atoms. The van der Waals surface area contributed by atoms with Gasteiger partial charge >= 0.3 is 6.03 Å². The number of likely N-dealkylation sites (tertiary alicyclic amines) is 1. The van der Waals surface area contributed by atoms with E-state index in [9.17, 15) is 14.4 Å². The van der Waals surface area contributed by atoms with Gasteiger partial charge in [0.15, 0.2) is 5.65 Å². The first-order valence-electron chi connectivity index (χ1n) is 13.1. The minimum absolute atomic E-state index is 0.00521. The number of urea groups is 1. The lowest BCUT2D eigenvalue weighted by atomic mass is 10.1. The number of nitrogens with one attached hydrogen (secondary N) is 3. The number of carbonyl (C=O) groups is 3. The number of likely N-dealkylation sites (N-methyl/N-ethyl adjacent to an activating group) is 1. The van der Waals surface area contributed by atoms with Gasteiger partial charge in [-0.1, -0.05) is 0 Å². The molecular weight excluding hydrogens is 514 g/mol. The summed E-state index contributed by atoms with van der Waals surface area (Å²) in [5.41, 5.74) is 3.08. The van der Waals surface area contributed by atoms with Gasteiger partial charge in [0.1, 0.15) is 12.0 Å². The molecule has 2 saturated heterocycles. The molecule has 5 heterocycles. The van der Waals surface area contributed by atoms with Gasteiger partial charge in [-0.2, -0.15) is 19.6 Å². The number of benzene rings is 1. The molecule has 0 radical (unpaired) electrons. The van der Waals surface area contributed by atoms with Crippen molar-refractivity contribution in [3.05, 3.63) is 47.5 Å². The molecule has 3 aliphatic rings. The van der Waals surface area contributed by atoms with Gasteiger partial charge in [-0.3, -0.25) is 19.5 Å². The number of hydrogen-bond donors (Lipinski definition) is 3. The third-order valence-corrected chi connectivity index (χ3v) is 7.50. The number of imidazole rings is 1. The molecule has 0 spiro atoms. The summed E-state index contributed by atoms with van der Waals surface area (Å²) >= 11 is 0. The number of hydrogen-bond acceptors (Lipinski definition) is 9. The monoisotopic (exact) mass is 541 g/mol. The first-order chi connectivity index (χ1) is 19.3. The smallest absolute Gasteiger partial charge is 0.326 e. The zero-order valence-electron chi connectivity index (χ0n) is 22.0. The second-order valence-electron chi connectivity index (χ2n) is 10.5. The first-order valence-corrected chi connectivity index (χ1v) is 13.1. The summed E-state index contributed by atoms with van der Waals surface area (Å²) in [7, 11) is 4.07. The Hall–Kier alpha value is -4.85. The number of anilines is 1. The van der Waals surface area contributed by atoms with E-state index < -0.39 is 11.9 Å². The maximum absolute atomic E-state index is 13.2. The Bertz CT molecular complexity index is 1730. The second-order valence-corrected chi connectivity index (χ2v) is 10.5. The molecule has 3 fully saturated rings. The van der Waals surface area contributed by atoms with Gasteiger partial charge in [0.2, 0.25) is 11.9 Å². The molecular formula is C26H27N11O3. The Morgan fingerprint density at radius 2 is 2.00 bits per heavy atom. The molecule has 1 atom stereocenters. The van der Waals surface area contributed by atoms with Crippen LogP contribution in [0.4, 0.5) is 10.7 Å². The van der Waals surface area contributed by atoms with Crippen LogP contribution >= 0.6 is 0 Å². The van der Waals surface area contributed by atoms with E-state index in [-0.39, 0.29) is 11.6 Å². The largest absolute Gasteiger partial charge is 0.351 e. The van der Waals surface area contributed by atoms with E-state index in [0.29, 0.717) is 52.8 Å². The fraction of sp³-hybridized carbons (Fsp3) is 0.346. The van der Waals surface area contributed by atoms with Gasteiger partial charge in [-0.05, 0) is 57.6 Å². The molecule has 2 aliphatic heterocycles. The predicted octanol–water partition coefficient (Wildman–Crippen LogP) is 0.994. The zero-order chi connectivity index (χ0) is 27.5. The minimum atomic E-state index is -0.580. The van der Waals surface area contributed by atoms with E-state index in [1.165, 1.54) is 6.08 Å². The molecule has 7 rings (SSSR count). The van der Waals surface area contributed by atoms with Crippen molar-refractivity contribution in [1.29, 1.82) is 0 Å². The van der Waals surface area contributed by atoms with Crippen LogP contribution in [0.2, 0.25) is 0 Å². The average Bonchev–Trinajstić information content (AvgIpc) is 3.30. The molecule has 4 aromatic rings. The topological polar surface area (TPSA) is 155 Å². The third kappa shape index (κ3) is 4.22. The first kappa shape index (κ1) is 24.2. The van der Waals surface area contributed by atoms with Crippen molar-refractivity contribution in [3.63, 3.8) is 0 Å². The zero-order valence-corrected chi connectivity index (χ0v) is 22.0. The molecule has 14 nitrogen and oxygen atoms in total. The molecule has 3 aromatic heterocycles. The molecule has 204 valence electrons. The quantitative estimate of drug-likeness (QED) is 0.239. The van der Waals surface area contributed by atoms with E-state index in [1.54, 1.807) is 27.7 Å². The fourth-order valence-electron chi connectivity index (χ4n) is 5.07. The molecule has 1 aromatic carbocycles. The lowest BCUT2D eigenvalue weighted by molar-refractivity contribution is -0.115. The summed E-state index contributed by atoms with van der Waals surface area (Å²) in [5.74, 6) is 0.331. The Kier molecular flexibility index (Phi) is 5.52. The molecule has 0 bridgehead atoms. The van der Waals surface area contributed by atoms with Crippen molar-refractivity contribution in [2.24, 2.45) is 0 Å². The molecule has 3 N–H and O–H groups in total. The van der Waals surface area contributed by atoms with E-state index >= 15 is 0 Å². The Labute approximate surface area is 228 Å². The molecule has 1 aliphatic carbocycles. The van der Waals surface area contributed by atoms with E-state index in [4.69, 9.17) is 9.97 Å². The van der Waals surface area contributed by atoms with Crippen LogP contribution in [0.25, 0.3) is 28.7 Å². The highest BCUT2D eigenvalue weighted by molar-refractivity contribution is 6.14. The van der Waals surface area contributed by atoms with Gasteiger partial charge in [-0.15, -0.1) is 0 Å². The molecule has 4 amide bonds. The van der Waals surface area contributed by atoms with Crippen molar-refractivity contribution in [1.82, 2.24) is 49.6 Å². The summed E-state index contributed by atoms with van der Waals surface area (Å²) in [6, 6.07) is 5.54. The second kappa shape index (κ2) is 9.12. The van der Waals surface area contributed by atoms with Gasteiger partial charge in [0.25, 0.3) is 11.8 Å². The maximum Gasteiger partial charge on any atom is 0.326 e. The number of amides is 4. The van der Waals surface area contributed by atoms with Crippen LogP contribution < -0.4 is 16.0 Å². The summed E-state index contributed by atoms with van der Waals surface area (Å²) < 4.78 is 3.34. The molecule has 1 saturated carbocycles. The average molecular weight is 542 g/mol. The number of carbonyl (C=O) groups excluding carboxylic acids is 3. The standard InChI is InChI=1S/C26H27N11O3/c1-34(2)17-7-8-35(12-17)23(39)14-3-6-20-18(9-14)27-13-36(20)24-31-21-15(10-19-22(38)32-26(40)30-19)11-28-37(21)25(33-24)29-16-4-5-16/h3,6,9-11,13,16-17H,4-5,7-8,12H2,1-2H3,(H,29,31,33)(H2,30,32,38,40)/b19-10-. The van der Waals surface area contributed by atoms with Gasteiger partial charge in [0, 0.05) is 36.3 Å². The van der Waals surface area contributed by atoms with E-state index in [1.807, 2.05) is 31.1 Å². The lowest BCUT2D eigenvalue weighted by Crippen LogP contribution is -2.34. The van der Waals surface area contributed by atoms with E-state index in [0.717, 1.165) is 31.3 Å². The number of imide groups is 1. The summed E-state index contributed by atoms with van der Waals surface area (Å²) in [4.78, 5) is 55.0. The number of fused-ring (bicyclic) bond motifs is 2. The Morgan fingerprint density at radius 1 is 1.15 bits per heavy atom. The van der Waals surface area contributed by atoms with Crippen LogP contribution in [0.5, 0.6) is 0 Å². The fourth-order valence-corrected chi connectivity index (χ4v) is 5.07. The summed E-state index contributed by atoms with van der Waals surface area (Å²) in [6.07, 6.45) is 7.74. The summed E-state index contributed by atoms with van der Waals surface area (Å²) in [5, 5.41) is 12.5. The predicted molar refractivity (Wildman–Crippen MR) is 145 cm³/mol. The number of nitrogens with zero attached hydrogens (tertiary/aromatic N) is 8. The minimum Gasteiger partial charge on any atom is -0.351 e. The van der Waals surface area contributed by atoms with Gasteiger partial charge in [0.05, 0.1) is 17.2 Å². The highest BCUT2D eigenvalue weighted by atomic mass is 16.2. The van der Waals surface area contributed by atoms with Crippen molar-refractivity contribution >= 4 is 46.6 Å². The lowest BCUT2D eigenvalue weighted by Gasteiger charge is -2.20. The van der Waals surface area contributed by atoms with Crippen molar-refractivity contribution in [2.45, 2.75) is 31.3 Å². The van der Waals surface area contributed by atoms with Crippen LogP contribution in [0.15, 0.2) is 36.4 Å². The van der Waals surface area contributed by atoms with Crippen LogP contribution in [0, 0.1) is 0 Å². The SMILES string of the molecule is CN(C)C1CCN(C(=O)c2ccc3c(c2)ncn3-c2nc(NC3CC3)n3ncc(/C=C4\NC(=O)NC4=O)c3n2)C1. The Balaban J connectivity index is 1.26. The van der Waals surface area contributed by atoms with Crippen LogP contribution in [0.3, 0.4) is 0 Å². The Morgan fingerprint density at radius 3 is 2.73 bits per heavy atom. The number of aromatic nitrogens is 6.